The van der Waals surface area contributed by atoms with Crippen molar-refractivity contribution in [3.63, 3.8) is 0 Å². The molecule has 0 heterocycles. The summed E-state index contributed by atoms with van der Waals surface area (Å²) in [7, 11) is 1.88. The van der Waals surface area contributed by atoms with Crippen molar-refractivity contribution in [2.24, 2.45) is 10.4 Å². The maximum Gasteiger partial charge on any atom is 0.191 e. The monoisotopic (exact) mass is 407 g/mol. The first kappa shape index (κ1) is 17.3. The highest BCUT2D eigenvalue weighted by molar-refractivity contribution is 14.0. The number of rotatable bonds is 4. The lowest BCUT2D eigenvalue weighted by Crippen LogP contribution is -2.65. The molecule has 3 saturated carbocycles. The van der Waals surface area contributed by atoms with Crippen LogP contribution in [0.4, 0.5) is 0 Å². The van der Waals surface area contributed by atoms with Gasteiger partial charge >= 0.3 is 0 Å². The molecule has 1 spiro atoms. The Labute approximate surface area is 145 Å². The Morgan fingerprint density at radius 2 is 1.90 bits per heavy atom. The number of hydrogen-bond donors (Lipinski definition) is 2. The van der Waals surface area contributed by atoms with Crippen LogP contribution in [0.3, 0.4) is 0 Å². The van der Waals surface area contributed by atoms with E-state index in [-0.39, 0.29) is 24.0 Å². The van der Waals surface area contributed by atoms with Gasteiger partial charge in [0.1, 0.15) is 0 Å². The van der Waals surface area contributed by atoms with Gasteiger partial charge in [-0.1, -0.05) is 12.8 Å². The van der Waals surface area contributed by atoms with Crippen LogP contribution in [-0.4, -0.2) is 37.8 Å². The standard InChI is InChI=1S/C16H29N3O.HI/c1-3-20-14-11-13(16(14)9-4-5-10-16)19-15(17-2)18-12-7-6-8-12;/h12-14H,3-11H2,1-2H3,(H2,17,18,19);1H. The predicted octanol–water partition coefficient (Wildman–Crippen LogP) is 3.06. The lowest BCUT2D eigenvalue weighted by atomic mass is 9.60. The van der Waals surface area contributed by atoms with Gasteiger partial charge in [-0.15, -0.1) is 24.0 Å². The third-order valence-electron chi connectivity index (χ3n) is 5.67. The number of hydrogen-bond acceptors (Lipinski definition) is 2. The number of aliphatic imine (C=N–C) groups is 1. The molecule has 3 aliphatic carbocycles. The fourth-order valence-electron chi connectivity index (χ4n) is 4.17. The minimum Gasteiger partial charge on any atom is -0.378 e. The van der Waals surface area contributed by atoms with Gasteiger partial charge in [0.2, 0.25) is 0 Å². The van der Waals surface area contributed by atoms with E-state index >= 15 is 0 Å². The summed E-state index contributed by atoms with van der Waals surface area (Å²) in [6.07, 6.45) is 10.9. The summed E-state index contributed by atoms with van der Waals surface area (Å²) >= 11 is 0. The van der Waals surface area contributed by atoms with Crippen molar-refractivity contribution in [3.05, 3.63) is 0 Å². The second-order valence-electron chi connectivity index (χ2n) is 6.66. The van der Waals surface area contributed by atoms with Crippen LogP contribution in [-0.2, 0) is 4.74 Å². The Balaban J connectivity index is 0.00000161. The molecular weight excluding hydrogens is 377 g/mol. The van der Waals surface area contributed by atoms with Crippen molar-refractivity contribution < 1.29 is 4.74 Å². The lowest BCUT2D eigenvalue weighted by Gasteiger charge is -2.54. The molecule has 0 saturated heterocycles. The third kappa shape index (κ3) is 3.33. The van der Waals surface area contributed by atoms with Crippen molar-refractivity contribution >= 4 is 29.9 Å². The topological polar surface area (TPSA) is 45.6 Å². The second-order valence-corrected chi connectivity index (χ2v) is 6.66. The van der Waals surface area contributed by atoms with Gasteiger partial charge < -0.3 is 15.4 Å². The molecule has 0 aliphatic heterocycles. The van der Waals surface area contributed by atoms with Crippen LogP contribution >= 0.6 is 24.0 Å². The smallest absolute Gasteiger partial charge is 0.191 e. The van der Waals surface area contributed by atoms with Crippen molar-refractivity contribution in [2.75, 3.05) is 13.7 Å². The van der Waals surface area contributed by atoms with Crippen molar-refractivity contribution in [3.8, 4) is 0 Å². The lowest BCUT2D eigenvalue weighted by molar-refractivity contribution is -0.125. The molecule has 21 heavy (non-hydrogen) atoms. The molecule has 0 radical (unpaired) electrons. The van der Waals surface area contributed by atoms with Crippen LogP contribution in [0.5, 0.6) is 0 Å². The zero-order chi connectivity index (χ0) is 14.0. The molecule has 0 aromatic rings. The van der Waals surface area contributed by atoms with E-state index in [0.717, 1.165) is 19.0 Å². The van der Waals surface area contributed by atoms with E-state index in [1.54, 1.807) is 0 Å². The number of nitrogens with one attached hydrogen (secondary N) is 2. The average Bonchev–Trinajstić information content (AvgIpc) is 2.91. The Kier molecular flexibility index (Phi) is 6.17. The van der Waals surface area contributed by atoms with Gasteiger partial charge in [0.15, 0.2) is 5.96 Å². The molecule has 2 unspecified atom stereocenters. The van der Waals surface area contributed by atoms with Gasteiger partial charge in [-0.2, -0.15) is 0 Å². The molecule has 3 rings (SSSR count). The fourth-order valence-corrected chi connectivity index (χ4v) is 4.17. The van der Waals surface area contributed by atoms with Crippen molar-refractivity contribution in [1.82, 2.24) is 10.6 Å². The largest absolute Gasteiger partial charge is 0.378 e. The molecule has 3 aliphatic rings. The number of nitrogens with zero attached hydrogens (tertiary/aromatic N) is 1. The summed E-state index contributed by atoms with van der Waals surface area (Å²) < 4.78 is 5.97. The maximum absolute atomic E-state index is 5.97. The molecule has 0 aromatic heterocycles. The summed E-state index contributed by atoms with van der Waals surface area (Å²) in [5, 5.41) is 7.24. The first-order valence-electron chi connectivity index (χ1n) is 8.40. The van der Waals surface area contributed by atoms with Crippen LogP contribution < -0.4 is 10.6 Å². The van der Waals surface area contributed by atoms with E-state index in [1.807, 2.05) is 7.05 Å². The highest BCUT2D eigenvalue weighted by atomic mass is 127. The van der Waals surface area contributed by atoms with Crippen LogP contribution in [0.15, 0.2) is 4.99 Å². The number of guanidine groups is 1. The average molecular weight is 407 g/mol. The normalized spacial score (nSPS) is 31.2. The Morgan fingerprint density at radius 1 is 1.19 bits per heavy atom. The Bertz CT molecular complexity index is 365. The molecule has 0 aromatic carbocycles. The zero-order valence-electron chi connectivity index (χ0n) is 13.4. The van der Waals surface area contributed by atoms with Gasteiger partial charge in [0, 0.05) is 31.2 Å². The Morgan fingerprint density at radius 3 is 2.43 bits per heavy atom. The van der Waals surface area contributed by atoms with Gasteiger partial charge in [-0.3, -0.25) is 4.99 Å². The minimum atomic E-state index is 0. The summed E-state index contributed by atoms with van der Waals surface area (Å²) in [6, 6.07) is 1.19. The van der Waals surface area contributed by atoms with Crippen LogP contribution in [0.25, 0.3) is 0 Å². The summed E-state index contributed by atoms with van der Waals surface area (Å²) in [5.74, 6) is 1.00. The van der Waals surface area contributed by atoms with E-state index in [4.69, 9.17) is 4.74 Å². The molecule has 122 valence electrons. The molecule has 0 bridgehead atoms. The third-order valence-corrected chi connectivity index (χ3v) is 5.67. The summed E-state index contributed by atoms with van der Waals surface area (Å²) in [5.41, 5.74) is 0.382. The molecule has 4 nitrogen and oxygen atoms in total. The number of halogens is 1. The molecular formula is C16H30IN3O. The fraction of sp³-hybridized carbons (Fsp3) is 0.938. The van der Waals surface area contributed by atoms with Gasteiger partial charge in [-0.05, 0) is 45.4 Å². The van der Waals surface area contributed by atoms with Crippen molar-refractivity contribution in [2.45, 2.75) is 76.5 Å². The predicted molar refractivity (Wildman–Crippen MR) is 97.4 cm³/mol. The number of ether oxygens (including phenoxy) is 1. The molecule has 2 atom stereocenters. The van der Waals surface area contributed by atoms with Gasteiger partial charge in [0.25, 0.3) is 0 Å². The minimum absolute atomic E-state index is 0. The van der Waals surface area contributed by atoms with Gasteiger partial charge in [-0.25, -0.2) is 0 Å². The van der Waals surface area contributed by atoms with E-state index in [1.165, 1.54) is 44.9 Å². The highest BCUT2D eigenvalue weighted by Crippen LogP contribution is 2.54. The van der Waals surface area contributed by atoms with Crippen molar-refractivity contribution in [1.29, 1.82) is 0 Å². The molecule has 0 amide bonds. The first-order valence-corrected chi connectivity index (χ1v) is 8.40. The zero-order valence-corrected chi connectivity index (χ0v) is 15.7. The van der Waals surface area contributed by atoms with Crippen LogP contribution in [0, 0.1) is 5.41 Å². The van der Waals surface area contributed by atoms with E-state index in [2.05, 4.69) is 22.5 Å². The maximum atomic E-state index is 5.97. The van der Waals surface area contributed by atoms with E-state index in [0.29, 0.717) is 23.6 Å². The molecule has 3 fully saturated rings. The first-order chi connectivity index (χ1) is 9.78. The second kappa shape index (κ2) is 7.49. The van der Waals surface area contributed by atoms with Gasteiger partial charge in [0.05, 0.1) is 6.10 Å². The highest BCUT2D eigenvalue weighted by Gasteiger charge is 2.57. The quantitative estimate of drug-likeness (QED) is 0.428. The van der Waals surface area contributed by atoms with Crippen LogP contribution in [0.1, 0.15) is 58.3 Å². The van der Waals surface area contributed by atoms with Crippen LogP contribution in [0.2, 0.25) is 0 Å². The SMILES string of the molecule is CCOC1CC(NC(=NC)NC2CCC2)C12CCCC2.I. The Hall–Kier alpha value is -0.0400. The van der Waals surface area contributed by atoms with E-state index < -0.39 is 0 Å². The summed E-state index contributed by atoms with van der Waals surface area (Å²) in [4.78, 5) is 4.41. The molecule has 5 heteroatoms. The summed E-state index contributed by atoms with van der Waals surface area (Å²) in [6.45, 7) is 2.95. The molecule has 2 N–H and O–H groups in total. The van der Waals surface area contributed by atoms with E-state index in [9.17, 15) is 0 Å².